The normalized spacial score (nSPS) is 10.8. The van der Waals surface area contributed by atoms with Crippen LogP contribution in [0.3, 0.4) is 0 Å². The predicted molar refractivity (Wildman–Crippen MR) is 61.5 cm³/mol. The molecule has 0 aliphatic heterocycles. The molecule has 0 unspecified atom stereocenters. The van der Waals surface area contributed by atoms with Crippen LogP contribution in [0.5, 0.6) is 0 Å². The number of aryl methyl sites for hydroxylation is 2. The molecule has 0 saturated heterocycles. The molecule has 1 N–H and O–H groups in total. The Hall–Kier alpha value is -1.75. The summed E-state index contributed by atoms with van der Waals surface area (Å²) in [5.41, 5.74) is 1.72. The molecule has 5 heteroatoms. The molecule has 90 valence electrons. The van der Waals surface area contributed by atoms with Crippen LogP contribution < -0.4 is 0 Å². The van der Waals surface area contributed by atoms with E-state index >= 15 is 0 Å². The van der Waals surface area contributed by atoms with Gasteiger partial charge in [0.25, 0.3) is 0 Å². The van der Waals surface area contributed by atoms with Crippen LogP contribution in [-0.4, -0.2) is 26.7 Å². The molecule has 0 atom stereocenters. The molecule has 1 aromatic heterocycles. The van der Waals surface area contributed by atoms with Crippen LogP contribution in [0.1, 0.15) is 17.7 Å². The van der Waals surface area contributed by atoms with Crippen molar-refractivity contribution < 1.29 is 9.50 Å². The third kappa shape index (κ3) is 2.50. The first kappa shape index (κ1) is 11.7. The number of aliphatic hydroxyl groups excluding tert-OH is 1. The van der Waals surface area contributed by atoms with Crippen molar-refractivity contribution in [2.45, 2.75) is 19.8 Å². The summed E-state index contributed by atoms with van der Waals surface area (Å²) in [4.78, 5) is 0. The zero-order chi connectivity index (χ0) is 12.3. The van der Waals surface area contributed by atoms with E-state index in [2.05, 4.69) is 10.3 Å². The van der Waals surface area contributed by atoms with Gasteiger partial charge in [0, 0.05) is 6.61 Å². The van der Waals surface area contributed by atoms with E-state index in [0.717, 1.165) is 5.69 Å². The lowest BCUT2D eigenvalue weighted by atomic mass is 10.2. The molecule has 0 fully saturated rings. The number of aromatic nitrogens is 3. The number of hydrogen-bond donors (Lipinski definition) is 1. The SMILES string of the molecule is Cc1cccc(-n2cc(CCCO)nn2)c1F. The van der Waals surface area contributed by atoms with Crippen molar-refractivity contribution >= 4 is 0 Å². The maximum absolute atomic E-state index is 13.8. The van der Waals surface area contributed by atoms with Crippen LogP contribution in [0.15, 0.2) is 24.4 Å². The number of nitrogens with zero attached hydrogens (tertiary/aromatic N) is 3. The van der Waals surface area contributed by atoms with E-state index in [1.807, 2.05) is 0 Å². The lowest BCUT2D eigenvalue weighted by Gasteiger charge is -2.03. The van der Waals surface area contributed by atoms with Crippen molar-refractivity contribution in [3.63, 3.8) is 0 Å². The fraction of sp³-hybridized carbons (Fsp3) is 0.333. The highest BCUT2D eigenvalue weighted by Crippen LogP contribution is 2.15. The molecular weight excluding hydrogens is 221 g/mol. The minimum absolute atomic E-state index is 0.117. The van der Waals surface area contributed by atoms with E-state index in [-0.39, 0.29) is 12.4 Å². The lowest BCUT2D eigenvalue weighted by Crippen LogP contribution is -1.99. The molecular formula is C12H14FN3O. The van der Waals surface area contributed by atoms with Crippen molar-refractivity contribution in [3.8, 4) is 5.69 Å². The van der Waals surface area contributed by atoms with Gasteiger partial charge >= 0.3 is 0 Å². The van der Waals surface area contributed by atoms with E-state index in [1.54, 1.807) is 31.3 Å². The van der Waals surface area contributed by atoms with Gasteiger partial charge in [-0.25, -0.2) is 9.07 Å². The van der Waals surface area contributed by atoms with Gasteiger partial charge in [0.05, 0.1) is 11.9 Å². The summed E-state index contributed by atoms with van der Waals surface area (Å²) in [5.74, 6) is -0.286. The third-order valence-electron chi connectivity index (χ3n) is 2.55. The Labute approximate surface area is 98.7 Å². The summed E-state index contributed by atoms with van der Waals surface area (Å²) < 4.78 is 15.2. The molecule has 0 amide bonds. The number of aliphatic hydroxyl groups is 1. The van der Waals surface area contributed by atoms with Gasteiger partial charge in [-0.15, -0.1) is 5.10 Å². The van der Waals surface area contributed by atoms with Gasteiger partial charge in [-0.2, -0.15) is 0 Å². The van der Waals surface area contributed by atoms with E-state index in [0.29, 0.717) is 24.1 Å². The van der Waals surface area contributed by atoms with Crippen molar-refractivity contribution in [1.82, 2.24) is 15.0 Å². The van der Waals surface area contributed by atoms with Crippen LogP contribution in [0, 0.1) is 12.7 Å². The van der Waals surface area contributed by atoms with Crippen molar-refractivity contribution in [1.29, 1.82) is 0 Å². The molecule has 2 aromatic rings. The van der Waals surface area contributed by atoms with Crippen molar-refractivity contribution in [3.05, 3.63) is 41.5 Å². The monoisotopic (exact) mass is 235 g/mol. The zero-order valence-electron chi connectivity index (χ0n) is 9.60. The topological polar surface area (TPSA) is 50.9 Å². The smallest absolute Gasteiger partial charge is 0.151 e. The van der Waals surface area contributed by atoms with Crippen LogP contribution in [-0.2, 0) is 6.42 Å². The van der Waals surface area contributed by atoms with Crippen LogP contribution in [0.4, 0.5) is 4.39 Å². The molecule has 1 heterocycles. The molecule has 0 aliphatic carbocycles. The third-order valence-corrected chi connectivity index (χ3v) is 2.55. The summed E-state index contributed by atoms with van der Waals surface area (Å²) in [6.07, 6.45) is 2.96. The maximum Gasteiger partial charge on any atom is 0.151 e. The lowest BCUT2D eigenvalue weighted by molar-refractivity contribution is 0.288. The van der Waals surface area contributed by atoms with Crippen LogP contribution in [0.2, 0.25) is 0 Å². The van der Waals surface area contributed by atoms with Gasteiger partial charge < -0.3 is 5.11 Å². The minimum Gasteiger partial charge on any atom is -0.396 e. The van der Waals surface area contributed by atoms with Gasteiger partial charge in [0.2, 0.25) is 0 Å². The van der Waals surface area contributed by atoms with E-state index < -0.39 is 0 Å². The first-order chi connectivity index (χ1) is 8.22. The standard InChI is InChI=1S/C12H14FN3O/c1-9-4-2-6-11(12(9)13)16-8-10(14-15-16)5-3-7-17/h2,4,6,8,17H,3,5,7H2,1H3. The largest absolute Gasteiger partial charge is 0.396 e. The molecule has 0 bridgehead atoms. The Morgan fingerprint density at radius 2 is 2.24 bits per heavy atom. The molecule has 0 radical (unpaired) electrons. The Morgan fingerprint density at radius 1 is 1.41 bits per heavy atom. The van der Waals surface area contributed by atoms with Gasteiger partial charge in [-0.3, -0.25) is 0 Å². The second kappa shape index (κ2) is 5.05. The molecule has 0 saturated carbocycles. The fourth-order valence-corrected chi connectivity index (χ4v) is 1.60. The summed E-state index contributed by atoms with van der Waals surface area (Å²) >= 11 is 0. The van der Waals surface area contributed by atoms with Crippen molar-refractivity contribution in [2.24, 2.45) is 0 Å². The van der Waals surface area contributed by atoms with Crippen molar-refractivity contribution in [2.75, 3.05) is 6.61 Å². The summed E-state index contributed by atoms with van der Waals surface area (Å²) in [6, 6.07) is 5.15. The Morgan fingerprint density at radius 3 is 3.00 bits per heavy atom. The minimum atomic E-state index is -0.286. The highest BCUT2D eigenvalue weighted by Gasteiger charge is 2.09. The zero-order valence-corrected chi connectivity index (χ0v) is 9.60. The number of hydrogen-bond acceptors (Lipinski definition) is 3. The fourth-order valence-electron chi connectivity index (χ4n) is 1.60. The number of rotatable bonds is 4. The number of halogens is 1. The first-order valence-electron chi connectivity index (χ1n) is 5.50. The van der Waals surface area contributed by atoms with Gasteiger partial charge in [0.1, 0.15) is 5.69 Å². The van der Waals surface area contributed by atoms with Crippen LogP contribution >= 0.6 is 0 Å². The summed E-state index contributed by atoms with van der Waals surface area (Å²) in [5, 5.41) is 16.5. The average molecular weight is 235 g/mol. The predicted octanol–water partition coefficient (Wildman–Crippen LogP) is 1.64. The van der Waals surface area contributed by atoms with Gasteiger partial charge in [-0.1, -0.05) is 17.3 Å². The molecule has 0 aliphatic rings. The van der Waals surface area contributed by atoms with Gasteiger partial charge in [0.15, 0.2) is 5.82 Å². The molecule has 4 nitrogen and oxygen atoms in total. The van der Waals surface area contributed by atoms with Gasteiger partial charge in [-0.05, 0) is 31.4 Å². The van der Waals surface area contributed by atoms with E-state index in [1.165, 1.54) is 4.68 Å². The molecule has 1 aromatic carbocycles. The highest BCUT2D eigenvalue weighted by atomic mass is 19.1. The Balaban J connectivity index is 2.27. The average Bonchev–Trinajstić information content (AvgIpc) is 2.78. The summed E-state index contributed by atoms with van der Waals surface area (Å²) in [7, 11) is 0. The number of benzene rings is 1. The van der Waals surface area contributed by atoms with Crippen LogP contribution in [0.25, 0.3) is 5.69 Å². The molecule has 17 heavy (non-hydrogen) atoms. The van der Waals surface area contributed by atoms with E-state index in [4.69, 9.17) is 5.11 Å². The highest BCUT2D eigenvalue weighted by molar-refractivity contribution is 5.36. The first-order valence-corrected chi connectivity index (χ1v) is 5.50. The molecule has 2 rings (SSSR count). The quantitative estimate of drug-likeness (QED) is 0.876. The maximum atomic E-state index is 13.8. The second-order valence-corrected chi connectivity index (χ2v) is 3.89. The Kier molecular flexibility index (Phi) is 3.49. The summed E-state index contributed by atoms with van der Waals surface area (Å²) in [6.45, 7) is 1.83. The second-order valence-electron chi connectivity index (χ2n) is 3.89. The Bertz CT molecular complexity index is 510. The van der Waals surface area contributed by atoms with E-state index in [9.17, 15) is 4.39 Å². The molecule has 0 spiro atoms.